The van der Waals surface area contributed by atoms with Gasteiger partial charge in [0.25, 0.3) is 0 Å². The molecular formula is C18H26N6O. The van der Waals surface area contributed by atoms with Crippen LogP contribution in [0.1, 0.15) is 19.4 Å². The van der Waals surface area contributed by atoms with E-state index < -0.39 is 0 Å². The number of hydrogen-bond donors (Lipinski definition) is 1. The van der Waals surface area contributed by atoms with Crippen LogP contribution in [0.5, 0.6) is 0 Å². The standard InChI is InChI=1S/C18H26N6O/c1-15(2)12-24-14-17(11-20-24)21-18(25)23-9-7-22(8-10-23)13-16-3-5-19-6-4-16/h3-6,11,14-15H,7-10,12-13H2,1-2H3,(H,21,25). The van der Waals surface area contributed by atoms with Gasteiger partial charge >= 0.3 is 6.03 Å². The highest BCUT2D eigenvalue weighted by Gasteiger charge is 2.21. The number of nitrogens with zero attached hydrogens (tertiary/aromatic N) is 5. The van der Waals surface area contributed by atoms with E-state index >= 15 is 0 Å². The third-order valence-corrected chi connectivity index (χ3v) is 4.25. The fourth-order valence-corrected chi connectivity index (χ4v) is 2.96. The molecule has 2 amide bonds. The predicted molar refractivity (Wildman–Crippen MR) is 97.2 cm³/mol. The van der Waals surface area contributed by atoms with Crippen molar-refractivity contribution in [3.05, 3.63) is 42.5 Å². The molecule has 1 aliphatic heterocycles. The highest BCUT2D eigenvalue weighted by Crippen LogP contribution is 2.11. The van der Waals surface area contributed by atoms with Gasteiger partial charge in [-0.3, -0.25) is 14.6 Å². The molecule has 25 heavy (non-hydrogen) atoms. The van der Waals surface area contributed by atoms with E-state index in [1.807, 2.05) is 40.3 Å². The van der Waals surface area contributed by atoms with Crippen molar-refractivity contribution in [3.8, 4) is 0 Å². The first-order valence-corrected chi connectivity index (χ1v) is 8.80. The van der Waals surface area contributed by atoms with Crippen LogP contribution >= 0.6 is 0 Å². The molecule has 0 saturated carbocycles. The Hall–Kier alpha value is -2.41. The van der Waals surface area contributed by atoms with Gasteiger partial charge in [0.05, 0.1) is 11.9 Å². The fraction of sp³-hybridized carbons (Fsp3) is 0.500. The Kier molecular flexibility index (Phi) is 5.65. The van der Waals surface area contributed by atoms with Crippen LogP contribution in [0.3, 0.4) is 0 Å². The number of carbonyl (C=O) groups excluding carboxylic acids is 1. The monoisotopic (exact) mass is 342 g/mol. The van der Waals surface area contributed by atoms with E-state index in [1.165, 1.54) is 5.56 Å². The minimum Gasteiger partial charge on any atom is -0.322 e. The highest BCUT2D eigenvalue weighted by atomic mass is 16.2. The molecule has 0 unspecified atom stereocenters. The molecule has 1 N–H and O–H groups in total. The van der Waals surface area contributed by atoms with Gasteiger partial charge in [-0.25, -0.2) is 4.79 Å². The molecule has 7 nitrogen and oxygen atoms in total. The molecule has 0 radical (unpaired) electrons. The van der Waals surface area contributed by atoms with Gasteiger partial charge in [0.1, 0.15) is 0 Å². The van der Waals surface area contributed by atoms with Crippen LogP contribution in [-0.4, -0.2) is 56.8 Å². The number of aromatic nitrogens is 3. The zero-order chi connectivity index (χ0) is 17.6. The Morgan fingerprint density at radius 1 is 1.20 bits per heavy atom. The van der Waals surface area contributed by atoms with E-state index in [-0.39, 0.29) is 6.03 Å². The molecule has 0 bridgehead atoms. The summed E-state index contributed by atoms with van der Waals surface area (Å²) in [6.45, 7) is 9.26. The van der Waals surface area contributed by atoms with Crippen LogP contribution in [0.4, 0.5) is 10.5 Å². The zero-order valence-corrected chi connectivity index (χ0v) is 14.9. The smallest absolute Gasteiger partial charge is 0.322 e. The first-order chi connectivity index (χ1) is 12.1. The first kappa shape index (κ1) is 17.4. The van der Waals surface area contributed by atoms with Gasteiger partial charge in [0.2, 0.25) is 0 Å². The van der Waals surface area contributed by atoms with Crippen LogP contribution in [-0.2, 0) is 13.1 Å². The lowest BCUT2D eigenvalue weighted by molar-refractivity contribution is 0.143. The summed E-state index contributed by atoms with van der Waals surface area (Å²) >= 11 is 0. The van der Waals surface area contributed by atoms with Crippen LogP contribution in [0.2, 0.25) is 0 Å². The Labute approximate surface area is 148 Å². The third-order valence-electron chi connectivity index (χ3n) is 4.25. The average molecular weight is 342 g/mol. The van der Waals surface area contributed by atoms with E-state index in [0.717, 1.165) is 45.0 Å². The Balaban J connectivity index is 1.46. The molecule has 0 aromatic carbocycles. The zero-order valence-electron chi connectivity index (χ0n) is 14.9. The normalized spacial score (nSPS) is 15.6. The van der Waals surface area contributed by atoms with Crippen molar-refractivity contribution in [3.63, 3.8) is 0 Å². The molecule has 1 saturated heterocycles. The second-order valence-corrected chi connectivity index (χ2v) is 6.89. The first-order valence-electron chi connectivity index (χ1n) is 8.80. The molecule has 1 aliphatic rings. The summed E-state index contributed by atoms with van der Waals surface area (Å²) in [6, 6.07) is 4.02. The Bertz CT molecular complexity index is 676. The average Bonchev–Trinajstić information content (AvgIpc) is 3.02. The van der Waals surface area contributed by atoms with E-state index in [4.69, 9.17) is 0 Å². The lowest BCUT2D eigenvalue weighted by Gasteiger charge is -2.34. The van der Waals surface area contributed by atoms with Gasteiger partial charge in [-0.1, -0.05) is 13.8 Å². The molecule has 134 valence electrons. The third kappa shape index (κ3) is 5.03. The summed E-state index contributed by atoms with van der Waals surface area (Å²) in [5.41, 5.74) is 2.01. The summed E-state index contributed by atoms with van der Waals surface area (Å²) in [7, 11) is 0. The van der Waals surface area contributed by atoms with Crippen molar-refractivity contribution in [2.75, 3.05) is 31.5 Å². The molecule has 0 atom stereocenters. The number of pyridine rings is 1. The number of hydrogen-bond acceptors (Lipinski definition) is 4. The molecular weight excluding hydrogens is 316 g/mol. The lowest BCUT2D eigenvalue weighted by Crippen LogP contribution is -2.49. The second kappa shape index (κ2) is 8.11. The van der Waals surface area contributed by atoms with E-state index in [2.05, 4.69) is 34.1 Å². The molecule has 3 heterocycles. The minimum atomic E-state index is -0.0485. The van der Waals surface area contributed by atoms with Crippen molar-refractivity contribution in [1.29, 1.82) is 0 Å². The maximum absolute atomic E-state index is 12.4. The van der Waals surface area contributed by atoms with Crippen molar-refractivity contribution in [2.24, 2.45) is 5.92 Å². The SMILES string of the molecule is CC(C)Cn1cc(NC(=O)N2CCN(Cc3ccncc3)CC2)cn1. The number of amides is 2. The van der Waals surface area contributed by atoms with Gasteiger partial charge < -0.3 is 10.2 Å². The number of urea groups is 1. The largest absolute Gasteiger partial charge is 0.322 e. The molecule has 2 aromatic heterocycles. The van der Waals surface area contributed by atoms with E-state index in [0.29, 0.717) is 5.92 Å². The fourth-order valence-electron chi connectivity index (χ4n) is 2.96. The molecule has 7 heteroatoms. The summed E-state index contributed by atoms with van der Waals surface area (Å²) < 4.78 is 1.87. The lowest BCUT2D eigenvalue weighted by atomic mass is 10.2. The van der Waals surface area contributed by atoms with Crippen LogP contribution in [0, 0.1) is 5.92 Å². The summed E-state index contributed by atoms with van der Waals surface area (Å²) in [5.74, 6) is 0.525. The number of piperazine rings is 1. The second-order valence-electron chi connectivity index (χ2n) is 6.89. The van der Waals surface area contributed by atoms with Crippen molar-refractivity contribution in [1.82, 2.24) is 24.6 Å². The highest BCUT2D eigenvalue weighted by molar-refractivity contribution is 5.89. The van der Waals surface area contributed by atoms with E-state index in [9.17, 15) is 4.79 Å². The molecule has 3 rings (SSSR count). The van der Waals surface area contributed by atoms with Gasteiger partial charge in [-0.05, 0) is 23.6 Å². The number of carbonyl (C=O) groups is 1. The maximum Gasteiger partial charge on any atom is 0.322 e. The van der Waals surface area contributed by atoms with Crippen LogP contribution < -0.4 is 5.32 Å². The van der Waals surface area contributed by atoms with Crippen molar-refractivity contribution >= 4 is 11.7 Å². The summed E-state index contributed by atoms with van der Waals surface area (Å²) in [5, 5.41) is 7.23. The Morgan fingerprint density at radius 3 is 2.60 bits per heavy atom. The van der Waals surface area contributed by atoms with Crippen LogP contribution in [0.15, 0.2) is 36.9 Å². The topological polar surface area (TPSA) is 66.3 Å². The number of anilines is 1. The van der Waals surface area contributed by atoms with Gasteiger partial charge in [-0.15, -0.1) is 0 Å². The van der Waals surface area contributed by atoms with E-state index in [1.54, 1.807) is 6.20 Å². The number of nitrogens with one attached hydrogen (secondary N) is 1. The molecule has 1 fully saturated rings. The van der Waals surface area contributed by atoms with Gasteiger partial charge in [-0.2, -0.15) is 5.10 Å². The maximum atomic E-state index is 12.4. The van der Waals surface area contributed by atoms with Gasteiger partial charge in [0.15, 0.2) is 0 Å². The molecule has 0 spiro atoms. The molecule has 2 aromatic rings. The quantitative estimate of drug-likeness (QED) is 0.905. The van der Waals surface area contributed by atoms with Crippen molar-refractivity contribution < 1.29 is 4.79 Å². The van der Waals surface area contributed by atoms with Crippen LogP contribution in [0.25, 0.3) is 0 Å². The molecule has 0 aliphatic carbocycles. The van der Waals surface area contributed by atoms with Gasteiger partial charge in [0, 0.05) is 57.9 Å². The predicted octanol–water partition coefficient (Wildman–Crippen LogP) is 2.28. The van der Waals surface area contributed by atoms with Crippen molar-refractivity contribution in [2.45, 2.75) is 26.9 Å². The Morgan fingerprint density at radius 2 is 1.92 bits per heavy atom. The summed E-state index contributed by atoms with van der Waals surface area (Å²) in [6.07, 6.45) is 7.23. The number of rotatable bonds is 5. The summed E-state index contributed by atoms with van der Waals surface area (Å²) in [4.78, 5) is 20.7. The minimum absolute atomic E-state index is 0.0485.